The quantitative estimate of drug-likeness (QED) is 0.866. The van der Waals surface area contributed by atoms with Crippen LogP contribution in [0.1, 0.15) is 0 Å². The van der Waals surface area contributed by atoms with Gasteiger partial charge in [0, 0.05) is 5.56 Å². The van der Waals surface area contributed by atoms with Crippen LogP contribution in [-0.2, 0) is 0 Å². The Morgan fingerprint density at radius 3 is 2.41 bits per heavy atom. The minimum absolute atomic E-state index is 0.225. The number of methoxy groups -OCH3 is 1. The molecule has 4 heteroatoms. The SMILES string of the molecule is COc1ccc(F)c(-c2ccc(O)c(F)c2)c1. The molecule has 0 amide bonds. The summed E-state index contributed by atoms with van der Waals surface area (Å²) in [6.45, 7) is 0. The number of phenols is 1. The van der Waals surface area contributed by atoms with Gasteiger partial charge in [0.15, 0.2) is 11.6 Å². The van der Waals surface area contributed by atoms with Gasteiger partial charge < -0.3 is 9.84 Å². The summed E-state index contributed by atoms with van der Waals surface area (Å²) in [5, 5.41) is 9.07. The fourth-order valence-corrected chi connectivity index (χ4v) is 1.53. The standard InChI is InChI=1S/C13H10F2O2/c1-17-9-3-4-11(14)10(7-9)8-2-5-13(16)12(15)6-8/h2-7,16H,1H3. The zero-order valence-electron chi connectivity index (χ0n) is 9.08. The Balaban J connectivity index is 2.55. The van der Waals surface area contributed by atoms with Crippen molar-refractivity contribution in [3.05, 3.63) is 48.0 Å². The van der Waals surface area contributed by atoms with E-state index in [1.807, 2.05) is 0 Å². The Hall–Kier alpha value is -2.10. The van der Waals surface area contributed by atoms with Gasteiger partial charge in [0.1, 0.15) is 11.6 Å². The lowest BCUT2D eigenvalue weighted by Gasteiger charge is -2.07. The van der Waals surface area contributed by atoms with Gasteiger partial charge in [0.05, 0.1) is 7.11 Å². The van der Waals surface area contributed by atoms with Crippen LogP contribution in [-0.4, -0.2) is 12.2 Å². The van der Waals surface area contributed by atoms with Gasteiger partial charge in [-0.2, -0.15) is 0 Å². The first kappa shape index (κ1) is 11.4. The molecule has 0 aliphatic heterocycles. The van der Waals surface area contributed by atoms with E-state index in [-0.39, 0.29) is 5.56 Å². The molecule has 0 unspecified atom stereocenters. The van der Waals surface area contributed by atoms with Gasteiger partial charge in [-0.05, 0) is 35.9 Å². The molecular formula is C13H10F2O2. The van der Waals surface area contributed by atoms with E-state index in [0.717, 1.165) is 6.07 Å². The number of hydrogen-bond acceptors (Lipinski definition) is 2. The molecule has 0 saturated heterocycles. The van der Waals surface area contributed by atoms with E-state index in [0.29, 0.717) is 11.3 Å². The maximum atomic E-state index is 13.6. The summed E-state index contributed by atoms with van der Waals surface area (Å²) in [4.78, 5) is 0. The Morgan fingerprint density at radius 1 is 1.00 bits per heavy atom. The van der Waals surface area contributed by atoms with Crippen molar-refractivity contribution in [3.63, 3.8) is 0 Å². The van der Waals surface area contributed by atoms with Gasteiger partial charge >= 0.3 is 0 Å². The molecule has 0 heterocycles. The molecule has 88 valence electrons. The zero-order valence-corrected chi connectivity index (χ0v) is 9.08. The third kappa shape index (κ3) is 2.20. The van der Waals surface area contributed by atoms with Crippen molar-refractivity contribution in [2.75, 3.05) is 7.11 Å². The van der Waals surface area contributed by atoms with Crippen LogP contribution < -0.4 is 4.74 Å². The van der Waals surface area contributed by atoms with E-state index in [4.69, 9.17) is 9.84 Å². The molecule has 2 aromatic carbocycles. The van der Waals surface area contributed by atoms with E-state index in [1.54, 1.807) is 0 Å². The summed E-state index contributed by atoms with van der Waals surface area (Å²) in [7, 11) is 1.47. The normalized spacial score (nSPS) is 10.3. The molecule has 2 nitrogen and oxygen atoms in total. The minimum Gasteiger partial charge on any atom is -0.505 e. The molecule has 0 fully saturated rings. The Morgan fingerprint density at radius 2 is 1.76 bits per heavy atom. The molecule has 0 aromatic heterocycles. The number of hydrogen-bond donors (Lipinski definition) is 1. The summed E-state index contributed by atoms with van der Waals surface area (Å²) >= 11 is 0. The lowest BCUT2D eigenvalue weighted by Crippen LogP contribution is -1.89. The van der Waals surface area contributed by atoms with Crippen LogP contribution in [0.3, 0.4) is 0 Å². The minimum atomic E-state index is -0.787. The van der Waals surface area contributed by atoms with E-state index >= 15 is 0 Å². The highest BCUT2D eigenvalue weighted by Crippen LogP contribution is 2.29. The highest BCUT2D eigenvalue weighted by molar-refractivity contribution is 5.66. The lowest BCUT2D eigenvalue weighted by atomic mass is 10.0. The summed E-state index contributed by atoms with van der Waals surface area (Å²) in [5.41, 5.74) is 0.569. The highest BCUT2D eigenvalue weighted by Gasteiger charge is 2.09. The van der Waals surface area contributed by atoms with Crippen molar-refractivity contribution in [1.82, 2.24) is 0 Å². The first-order chi connectivity index (χ1) is 8.11. The van der Waals surface area contributed by atoms with Crippen molar-refractivity contribution in [2.24, 2.45) is 0 Å². The van der Waals surface area contributed by atoms with Crippen molar-refractivity contribution >= 4 is 0 Å². The van der Waals surface area contributed by atoms with E-state index < -0.39 is 17.4 Å². The van der Waals surface area contributed by atoms with Crippen LogP contribution in [0.15, 0.2) is 36.4 Å². The predicted molar refractivity (Wildman–Crippen MR) is 60.0 cm³/mol. The second-order valence-corrected chi connectivity index (χ2v) is 3.51. The lowest BCUT2D eigenvalue weighted by molar-refractivity contribution is 0.414. The van der Waals surface area contributed by atoms with Crippen LogP contribution in [0.4, 0.5) is 8.78 Å². The Labute approximate surface area is 97.1 Å². The largest absolute Gasteiger partial charge is 0.505 e. The number of ether oxygens (including phenoxy) is 1. The van der Waals surface area contributed by atoms with Crippen molar-refractivity contribution in [1.29, 1.82) is 0 Å². The molecule has 0 atom stereocenters. The van der Waals surface area contributed by atoms with Gasteiger partial charge in [0.25, 0.3) is 0 Å². The highest BCUT2D eigenvalue weighted by atomic mass is 19.1. The summed E-state index contributed by atoms with van der Waals surface area (Å²) < 4.78 is 31.7. The number of halogens is 2. The topological polar surface area (TPSA) is 29.5 Å². The summed E-state index contributed by atoms with van der Waals surface area (Å²) in [5.74, 6) is -1.24. The number of rotatable bonds is 2. The average Bonchev–Trinajstić information content (AvgIpc) is 2.33. The molecule has 0 bridgehead atoms. The number of aromatic hydroxyl groups is 1. The van der Waals surface area contributed by atoms with Gasteiger partial charge in [0.2, 0.25) is 0 Å². The van der Waals surface area contributed by atoms with Gasteiger partial charge in [-0.15, -0.1) is 0 Å². The zero-order chi connectivity index (χ0) is 12.4. The average molecular weight is 236 g/mol. The van der Waals surface area contributed by atoms with E-state index in [2.05, 4.69) is 0 Å². The maximum Gasteiger partial charge on any atom is 0.165 e. The Kier molecular flexibility index (Phi) is 2.95. The number of benzene rings is 2. The third-order valence-corrected chi connectivity index (χ3v) is 2.43. The molecule has 0 aliphatic rings. The molecular weight excluding hydrogens is 226 g/mol. The monoisotopic (exact) mass is 236 g/mol. The van der Waals surface area contributed by atoms with Gasteiger partial charge in [-0.1, -0.05) is 6.07 Å². The van der Waals surface area contributed by atoms with Crippen molar-refractivity contribution in [3.8, 4) is 22.6 Å². The second kappa shape index (κ2) is 4.41. The van der Waals surface area contributed by atoms with Crippen LogP contribution in [0.25, 0.3) is 11.1 Å². The predicted octanol–water partition coefficient (Wildman–Crippen LogP) is 3.35. The van der Waals surface area contributed by atoms with Gasteiger partial charge in [-0.25, -0.2) is 8.78 Å². The molecule has 2 rings (SSSR count). The molecule has 1 N–H and O–H groups in total. The third-order valence-electron chi connectivity index (χ3n) is 2.43. The molecule has 2 aromatic rings. The van der Waals surface area contributed by atoms with Gasteiger partial charge in [-0.3, -0.25) is 0 Å². The molecule has 0 saturated carbocycles. The van der Waals surface area contributed by atoms with Crippen LogP contribution in [0.5, 0.6) is 11.5 Å². The molecule has 0 radical (unpaired) electrons. The van der Waals surface area contributed by atoms with E-state index in [9.17, 15) is 8.78 Å². The second-order valence-electron chi connectivity index (χ2n) is 3.51. The smallest absolute Gasteiger partial charge is 0.165 e. The van der Waals surface area contributed by atoms with Crippen LogP contribution >= 0.6 is 0 Å². The summed E-state index contributed by atoms with van der Waals surface area (Å²) in [6.07, 6.45) is 0. The fraction of sp³-hybridized carbons (Fsp3) is 0.0769. The first-order valence-electron chi connectivity index (χ1n) is 4.94. The molecule has 17 heavy (non-hydrogen) atoms. The van der Waals surface area contributed by atoms with E-state index in [1.165, 1.54) is 37.4 Å². The fourth-order valence-electron chi connectivity index (χ4n) is 1.53. The van der Waals surface area contributed by atoms with Crippen molar-refractivity contribution < 1.29 is 18.6 Å². The van der Waals surface area contributed by atoms with Crippen LogP contribution in [0, 0.1) is 11.6 Å². The first-order valence-corrected chi connectivity index (χ1v) is 4.94. The molecule has 0 aliphatic carbocycles. The number of phenolic OH excluding ortho intramolecular Hbond substituents is 1. The Bertz CT molecular complexity index is 553. The van der Waals surface area contributed by atoms with Crippen LogP contribution in [0.2, 0.25) is 0 Å². The summed E-state index contributed by atoms with van der Waals surface area (Å²) in [6, 6.07) is 7.91. The maximum absolute atomic E-state index is 13.6. The van der Waals surface area contributed by atoms with Crippen molar-refractivity contribution in [2.45, 2.75) is 0 Å². The molecule has 0 spiro atoms.